The summed E-state index contributed by atoms with van der Waals surface area (Å²) in [5.74, 6) is 1.64. The van der Waals surface area contributed by atoms with E-state index >= 15 is 0 Å². The molecule has 0 radical (unpaired) electrons. The topological polar surface area (TPSA) is 97.2 Å². The Morgan fingerprint density at radius 1 is 1.32 bits per heavy atom. The molecule has 1 aliphatic rings. The standard InChI is InChI=1S/C19H29N7O2/c1-12(2)20-19(27)22-16-10-17(25-8-6-7-15(25)11-28-5)23-18(21-16)26-14(4)9-13(3)24-26/h9-10,12,15H,6-8,11H2,1-5H3,(H2,20,21,22,23,27)/t15-/m1/s1. The van der Waals surface area contributed by atoms with Crippen molar-refractivity contribution < 1.29 is 9.53 Å². The number of carbonyl (C=O) groups is 1. The molecule has 0 unspecified atom stereocenters. The van der Waals surface area contributed by atoms with Crippen LogP contribution in [0, 0.1) is 13.8 Å². The first-order chi connectivity index (χ1) is 13.4. The highest BCUT2D eigenvalue weighted by molar-refractivity contribution is 5.88. The van der Waals surface area contributed by atoms with Crippen LogP contribution < -0.4 is 15.5 Å². The maximum Gasteiger partial charge on any atom is 0.320 e. The third-order valence-electron chi connectivity index (χ3n) is 4.59. The molecule has 3 rings (SSSR count). The third kappa shape index (κ3) is 4.59. The Labute approximate surface area is 165 Å². The van der Waals surface area contributed by atoms with Crippen molar-refractivity contribution in [1.82, 2.24) is 25.1 Å². The van der Waals surface area contributed by atoms with Gasteiger partial charge in [0, 0.05) is 31.5 Å². The van der Waals surface area contributed by atoms with Crippen LogP contribution in [0.2, 0.25) is 0 Å². The second-order valence-electron chi connectivity index (χ2n) is 7.45. The molecule has 2 N–H and O–H groups in total. The summed E-state index contributed by atoms with van der Waals surface area (Å²) in [4.78, 5) is 23.7. The average Bonchev–Trinajstić information content (AvgIpc) is 3.20. The lowest BCUT2D eigenvalue weighted by Gasteiger charge is -2.26. The van der Waals surface area contributed by atoms with E-state index < -0.39 is 0 Å². The lowest BCUT2D eigenvalue weighted by molar-refractivity contribution is 0.180. The summed E-state index contributed by atoms with van der Waals surface area (Å²) in [5.41, 5.74) is 1.82. The van der Waals surface area contributed by atoms with Crippen LogP contribution in [0.4, 0.5) is 16.4 Å². The number of aryl methyl sites for hydroxylation is 2. The van der Waals surface area contributed by atoms with Gasteiger partial charge < -0.3 is 15.0 Å². The van der Waals surface area contributed by atoms with E-state index in [0.717, 1.165) is 36.6 Å². The van der Waals surface area contributed by atoms with Gasteiger partial charge in [0.25, 0.3) is 5.95 Å². The van der Waals surface area contributed by atoms with Gasteiger partial charge in [-0.15, -0.1) is 0 Å². The molecule has 0 aromatic carbocycles. The fourth-order valence-corrected chi connectivity index (χ4v) is 3.48. The molecule has 2 aromatic rings. The summed E-state index contributed by atoms with van der Waals surface area (Å²) in [6, 6.07) is 3.77. The molecule has 3 heterocycles. The normalized spacial score (nSPS) is 16.6. The van der Waals surface area contributed by atoms with Crippen LogP contribution in [0.5, 0.6) is 0 Å². The van der Waals surface area contributed by atoms with Crippen molar-refractivity contribution >= 4 is 17.7 Å². The van der Waals surface area contributed by atoms with Gasteiger partial charge in [-0.1, -0.05) is 0 Å². The number of aromatic nitrogens is 4. The van der Waals surface area contributed by atoms with Crippen LogP contribution in [-0.2, 0) is 4.74 Å². The zero-order chi connectivity index (χ0) is 20.3. The van der Waals surface area contributed by atoms with Gasteiger partial charge in [-0.05, 0) is 46.6 Å². The predicted octanol–water partition coefficient (Wildman–Crippen LogP) is 2.42. The number of urea groups is 1. The fraction of sp³-hybridized carbons (Fsp3) is 0.579. The van der Waals surface area contributed by atoms with Crippen molar-refractivity contribution in [2.75, 3.05) is 30.5 Å². The van der Waals surface area contributed by atoms with Crippen LogP contribution in [0.3, 0.4) is 0 Å². The summed E-state index contributed by atoms with van der Waals surface area (Å²) >= 11 is 0. The van der Waals surface area contributed by atoms with Crippen molar-refractivity contribution in [3.63, 3.8) is 0 Å². The van der Waals surface area contributed by atoms with Crippen molar-refractivity contribution in [3.8, 4) is 5.95 Å². The average molecular weight is 387 g/mol. The number of hydrogen-bond acceptors (Lipinski definition) is 6. The summed E-state index contributed by atoms with van der Waals surface area (Å²) in [6.07, 6.45) is 2.12. The number of rotatable bonds is 6. The Balaban J connectivity index is 1.98. The molecule has 1 aliphatic heterocycles. The number of ether oxygens (including phenoxy) is 1. The van der Waals surface area contributed by atoms with Crippen molar-refractivity contribution in [3.05, 3.63) is 23.5 Å². The highest BCUT2D eigenvalue weighted by atomic mass is 16.5. The molecule has 9 heteroatoms. The molecule has 0 spiro atoms. The first kappa shape index (κ1) is 20.1. The Hall–Kier alpha value is -2.68. The number of nitrogens with one attached hydrogen (secondary N) is 2. The van der Waals surface area contributed by atoms with E-state index in [1.165, 1.54) is 0 Å². The maximum absolute atomic E-state index is 12.2. The summed E-state index contributed by atoms with van der Waals surface area (Å²) in [5, 5.41) is 10.1. The van der Waals surface area contributed by atoms with E-state index in [1.807, 2.05) is 39.8 Å². The minimum absolute atomic E-state index is 0.0291. The highest BCUT2D eigenvalue weighted by Gasteiger charge is 2.27. The number of hydrogen-bond donors (Lipinski definition) is 2. The molecule has 0 bridgehead atoms. The Morgan fingerprint density at radius 2 is 2.11 bits per heavy atom. The molecule has 28 heavy (non-hydrogen) atoms. The Morgan fingerprint density at radius 3 is 2.75 bits per heavy atom. The van der Waals surface area contributed by atoms with E-state index in [2.05, 4.69) is 25.6 Å². The molecule has 0 aliphatic carbocycles. The van der Waals surface area contributed by atoms with Gasteiger partial charge in [0.15, 0.2) is 0 Å². The quantitative estimate of drug-likeness (QED) is 0.790. The van der Waals surface area contributed by atoms with Crippen LogP contribution >= 0.6 is 0 Å². The lowest BCUT2D eigenvalue weighted by atomic mass is 10.2. The van der Waals surface area contributed by atoms with Crippen molar-refractivity contribution in [1.29, 1.82) is 0 Å². The van der Waals surface area contributed by atoms with E-state index in [1.54, 1.807) is 11.8 Å². The largest absolute Gasteiger partial charge is 0.383 e. The van der Waals surface area contributed by atoms with Gasteiger partial charge in [-0.3, -0.25) is 5.32 Å². The lowest BCUT2D eigenvalue weighted by Crippen LogP contribution is -2.35. The molecule has 152 valence electrons. The summed E-state index contributed by atoms with van der Waals surface area (Å²) < 4.78 is 7.07. The second kappa shape index (κ2) is 8.55. The minimum atomic E-state index is -0.297. The molecule has 0 saturated carbocycles. The molecule has 9 nitrogen and oxygen atoms in total. The predicted molar refractivity (Wildman–Crippen MR) is 108 cm³/mol. The number of anilines is 2. The maximum atomic E-state index is 12.2. The zero-order valence-electron chi connectivity index (χ0n) is 17.2. The minimum Gasteiger partial charge on any atom is -0.383 e. The third-order valence-corrected chi connectivity index (χ3v) is 4.59. The van der Waals surface area contributed by atoms with Gasteiger partial charge in [-0.25, -0.2) is 9.48 Å². The van der Waals surface area contributed by atoms with Crippen LogP contribution in [0.15, 0.2) is 12.1 Å². The van der Waals surface area contributed by atoms with Gasteiger partial charge >= 0.3 is 6.03 Å². The molecule has 1 atom stereocenters. The molecule has 1 saturated heterocycles. The molecule has 2 amide bonds. The van der Waals surface area contributed by atoms with E-state index in [0.29, 0.717) is 18.4 Å². The smallest absolute Gasteiger partial charge is 0.320 e. The molecular formula is C19H29N7O2. The van der Waals surface area contributed by atoms with Gasteiger partial charge in [0.05, 0.1) is 18.3 Å². The molecule has 1 fully saturated rings. The first-order valence-corrected chi connectivity index (χ1v) is 9.63. The molecule has 2 aromatic heterocycles. The first-order valence-electron chi connectivity index (χ1n) is 9.63. The van der Waals surface area contributed by atoms with Crippen molar-refractivity contribution in [2.24, 2.45) is 0 Å². The van der Waals surface area contributed by atoms with Crippen LogP contribution in [-0.4, -0.2) is 58.1 Å². The van der Waals surface area contributed by atoms with Gasteiger partial charge in [0.2, 0.25) is 0 Å². The number of amides is 2. The zero-order valence-corrected chi connectivity index (χ0v) is 17.2. The summed E-state index contributed by atoms with van der Waals surface area (Å²) in [7, 11) is 1.71. The highest BCUT2D eigenvalue weighted by Crippen LogP contribution is 2.27. The van der Waals surface area contributed by atoms with Crippen LogP contribution in [0.25, 0.3) is 5.95 Å². The fourth-order valence-electron chi connectivity index (χ4n) is 3.48. The SMILES string of the molecule is COC[C@H]1CCCN1c1cc(NC(=O)NC(C)C)nc(-n2nc(C)cc2C)n1. The Bertz CT molecular complexity index is 834. The van der Waals surface area contributed by atoms with Crippen LogP contribution in [0.1, 0.15) is 38.1 Å². The van der Waals surface area contributed by atoms with E-state index in [4.69, 9.17) is 9.72 Å². The van der Waals surface area contributed by atoms with Gasteiger partial charge in [-0.2, -0.15) is 15.1 Å². The van der Waals surface area contributed by atoms with Gasteiger partial charge in [0.1, 0.15) is 11.6 Å². The number of nitrogens with zero attached hydrogens (tertiary/aromatic N) is 5. The number of methoxy groups -OCH3 is 1. The van der Waals surface area contributed by atoms with Crippen molar-refractivity contribution in [2.45, 2.75) is 52.6 Å². The molecular weight excluding hydrogens is 358 g/mol. The number of carbonyl (C=O) groups excluding carboxylic acids is 1. The monoisotopic (exact) mass is 387 g/mol. The van der Waals surface area contributed by atoms with E-state index in [-0.39, 0.29) is 18.1 Å². The summed E-state index contributed by atoms with van der Waals surface area (Å²) in [6.45, 7) is 9.22. The second-order valence-corrected chi connectivity index (χ2v) is 7.45. The van der Waals surface area contributed by atoms with E-state index in [9.17, 15) is 4.79 Å². The Kier molecular flexibility index (Phi) is 6.13.